The molecule has 7 nitrogen and oxygen atoms in total. The van der Waals surface area contributed by atoms with E-state index in [0.29, 0.717) is 0 Å². The molecule has 0 radical (unpaired) electrons. The summed E-state index contributed by atoms with van der Waals surface area (Å²) in [4.78, 5) is 18.4. The number of para-hydroxylation sites is 1. The maximum absolute atomic E-state index is 6.61. The van der Waals surface area contributed by atoms with E-state index >= 15 is 0 Å². The zero-order chi connectivity index (χ0) is 23.4. The quantitative estimate of drug-likeness (QED) is 0.367. The molecule has 1 saturated carbocycles. The first kappa shape index (κ1) is 20.1. The minimum atomic E-state index is -0.206. The van der Waals surface area contributed by atoms with Gasteiger partial charge in [0.2, 0.25) is 0 Å². The highest BCUT2D eigenvalue weighted by molar-refractivity contribution is 5.90. The van der Waals surface area contributed by atoms with Crippen LogP contribution < -0.4 is 11.1 Å². The fourth-order valence-corrected chi connectivity index (χ4v) is 5.12. The highest BCUT2D eigenvalue weighted by Crippen LogP contribution is 2.45. The molecule has 0 spiro atoms. The molecule has 2 aromatic carbocycles. The van der Waals surface area contributed by atoms with E-state index in [0.717, 1.165) is 63.9 Å². The minimum Gasteiger partial charge on any atom is -0.338 e. The van der Waals surface area contributed by atoms with E-state index < -0.39 is 0 Å². The molecule has 1 fully saturated rings. The topological polar surface area (TPSA) is 94.5 Å². The Morgan fingerprint density at radius 3 is 2.46 bits per heavy atom. The standard InChI is InChI=1S/C28H23N7/c29-28(12-4-13-28)20-10-8-18(9-11-20)25-24(19-15-30-17-31-16-19)34-27-21-5-1-2-6-22(21)33-26-23(35(25)27)7-3-14-32-26/h1-3,5-11,14-17H,4,12-13,29H2,(H,32,33). The molecule has 0 bridgehead atoms. The van der Waals surface area contributed by atoms with Crippen molar-refractivity contribution in [3.63, 3.8) is 0 Å². The third kappa shape index (κ3) is 3.09. The smallest absolute Gasteiger partial charge is 0.154 e. The molecule has 1 aliphatic heterocycles. The number of benzene rings is 2. The van der Waals surface area contributed by atoms with Crippen molar-refractivity contribution in [1.82, 2.24) is 24.5 Å². The molecule has 5 aromatic rings. The molecule has 3 N–H and O–H groups in total. The summed E-state index contributed by atoms with van der Waals surface area (Å²) in [7, 11) is 0. The third-order valence-electron chi connectivity index (χ3n) is 7.14. The summed E-state index contributed by atoms with van der Waals surface area (Å²) in [6.45, 7) is 0. The van der Waals surface area contributed by atoms with Crippen LogP contribution in [0.1, 0.15) is 24.8 Å². The van der Waals surface area contributed by atoms with E-state index in [-0.39, 0.29) is 5.54 Å². The van der Waals surface area contributed by atoms with Gasteiger partial charge in [-0.05, 0) is 49.1 Å². The highest BCUT2D eigenvalue weighted by Gasteiger charge is 2.34. The average Bonchev–Trinajstić information content (AvgIpc) is 3.22. The lowest BCUT2D eigenvalue weighted by Crippen LogP contribution is -2.43. The molecule has 7 rings (SSSR count). The summed E-state index contributed by atoms with van der Waals surface area (Å²) >= 11 is 0. The lowest BCUT2D eigenvalue weighted by atomic mass is 9.72. The molecule has 0 saturated heterocycles. The van der Waals surface area contributed by atoms with E-state index in [9.17, 15) is 0 Å². The van der Waals surface area contributed by atoms with Crippen LogP contribution in [0.5, 0.6) is 0 Å². The van der Waals surface area contributed by atoms with Crippen LogP contribution in [0, 0.1) is 0 Å². The van der Waals surface area contributed by atoms with Crippen LogP contribution in [0.2, 0.25) is 0 Å². The Kier molecular flexibility index (Phi) is 4.34. The number of rotatable bonds is 3. The molecule has 2 aliphatic rings. The summed E-state index contributed by atoms with van der Waals surface area (Å²) in [5.41, 5.74) is 14.2. The van der Waals surface area contributed by atoms with Crippen molar-refractivity contribution in [2.75, 3.05) is 5.32 Å². The second-order valence-electron chi connectivity index (χ2n) is 9.22. The SMILES string of the molecule is NC1(c2ccc(-c3c(-c4cncnc4)nc4n3-c3cccnc3Nc3ccccc3-4)cc2)CCC1. The summed E-state index contributed by atoms with van der Waals surface area (Å²) < 4.78 is 2.19. The fourth-order valence-electron chi connectivity index (χ4n) is 5.12. The largest absolute Gasteiger partial charge is 0.338 e. The van der Waals surface area contributed by atoms with E-state index in [1.54, 1.807) is 6.20 Å². The van der Waals surface area contributed by atoms with E-state index in [1.165, 1.54) is 18.3 Å². The number of nitrogens with two attached hydrogens (primary N) is 1. The Hall–Kier alpha value is -4.36. The van der Waals surface area contributed by atoms with Gasteiger partial charge in [0.05, 0.1) is 17.1 Å². The first-order valence-corrected chi connectivity index (χ1v) is 11.8. The average molecular weight is 458 g/mol. The van der Waals surface area contributed by atoms with Crippen molar-refractivity contribution < 1.29 is 0 Å². The predicted molar refractivity (Wildman–Crippen MR) is 136 cm³/mol. The van der Waals surface area contributed by atoms with Gasteiger partial charge in [0.1, 0.15) is 17.8 Å². The zero-order valence-electron chi connectivity index (χ0n) is 19.0. The monoisotopic (exact) mass is 457 g/mol. The lowest BCUT2D eigenvalue weighted by molar-refractivity contribution is 0.253. The predicted octanol–water partition coefficient (Wildman–Crippen LogP) is 5.45. The number of nitrogens with one attached hydrogen (secondary N) is 1. The van der Waals surface area contributed by atoms with Crippen molar-refractivity contribution in [3.8, 4) is 39.6 Å². The van der Waals surface area contributed by atoms with Crippen molar-refractivity contribution in [1.29, 1.82) is 0 Å². The van der Waals surface area contributed by atoms with Gasteiger partial charge >= 0.3 is 0 Å². The molecule has 170 valence electrons. The maximum atomic E-state index is 6.61. The lowest BCUT2D eigenvalue weighted by Gasteiger charge is -2.38. The van der Waals surface area contributed by atoms with Crippen LogP contribution in [0.3, 0.4) is 0 Å². The van der Waals surface area contributed by atoms with Crippen LogP contribution in [-0.4, -0.2) is 24.5 Å². The number of pyridine rings is 1. The van der Waals surface area contributed by atoms with Crippen molar-refractivity contribution >= 4 is 11.5 Å². The summed E-state index contributed by atoms with van der Waals surface area (Å²) in [6.07, 6.45) is 10.2. The van der Waals surface area contributed by atoms with Gasteiger partial charge in [0, 0.05) is 40.8 Å². The maximum Gasteiger partial charge on any atom is 0.154 e. The molecule has 0 unspecified atom stereocenters. The number of fused-ring (bicyclic) bond motifs is 5. The molecule has 3 aromatic heterocycles. The zero-order valence-corrected chi connectivity index (χ0v) is 19.0. The van der Waals surface area contributed by atoms with Crippen molar-refractivity contribution in [2.24, 2.45) is 5.73 Å². The van der Waals surface area contributed by atoms with Crippen LogP contribution in [0.15, 0.2) is 85.6 Å². The number of aromatic nitrogens is 5. The van der Waals surface area contributed by atoms with Gasteiger partial charge in [-0.15, -0.1) is 0 Å². The molecule has 35 heavy (non-hydrogen) atoms. The first-order valence-electron chi connectivity index (χ1n) is 11.8. The number of hydrogen-bond donors (Lipinski definition) is 2. The van der Waals surface area contributed by atoms with Gasteiger partial charge in [0.25, 0.3) is 0 Å². The summed E-state index contributed by atoms with van der Waals surface area (Å²) in [5, 5.41) is 3.50. The fraction of sp³-hybridized carbons (Fsp3) is 0.143. The number of anilines is 2. The number of nitrogens with zero attached hydrogens (tertiary/aromatic N) is 5. The summed E-state index contributed by atoms with van der Waals surface area (Å²) in [6, 6.07) is 20.8. The van der Waals surface area contributed by atoms with Gasteiger partial charge in [-0.1, -0.05) is 36.4 Å². The summed E-state index contributed by atoms with van der Waals surface area (Å²) in [5.74, 6) is 1.62. The van der Waals surface area contributed by atoms with Crippen LogP contribution in [0.4, 0.5) is 11.5 Å². The van der Waals surface area contributed by atoms with Gasteiger partial charge in [0.15, 0.2) is 5.82 Å². The van der Waals surface area contributed by atoms with E-state index in [1.807, 2.05) is 30.6 Å². The van der Waals surface area contributed by atoms with Crippen molar-refractivity contribution in [2.45, 2.75) is 24.8 Å². The molecule has 7 heteroatoms. The Balaban J connectivity index is 1.53. The second kappa shape index (κ2) is 7.58. The van der Waals surface area contributed by atoms with E-state index in [2.05, 4.69) is 67.3 Å². The molecule has 0 amide bonds. The molecular weight excluding hydrogens is 434 g/mol. The molecule has 4 heterocycles. The first-order chi connectivity index (χ1) is 17.2. The van der Waals surface area contributed by atoms with Gasteiger partial charge in [-0.25, -0.2) is 19.9 Å². The highest BCUT2D eigenvalue weighted by atomic mass is 15.2. The van der Waals surface area contributed by atoms with Gasteiger partial charge in [-0.3, -0.25) is 4.57 Å². The molecular formula is C28H23N7. The van der Waals surface area contributed by atoms with Gasteiger partial charge < -0.3 is 11.1 Å². The van der Waals surface area contributed by atoms with Crippen LogP contribution in [-0.2, 0) is 5.54 Å². The number of imidazole rings is 1. The van der Waals surface area contributed by atoms with Crippen LogP contribution >= 0.6 is 0 Å². The molecule has 1 aliphatic carbocycles. The Morgan fingerprint density at radius 2 is 1.69 bits per heavy atom. The van der Waals surface area contributed by atoms with Crippen LogP contribution in [0.25, 0.3) is 39.6 Å². The van der Waals surface area contributed by atoms with Gasteiger partial charge in [-0.2, -0.15) is 0 Å². The Labute approximate surface area is 202 Å². The second-order valence-corrected chi connectivity index (χ2v) is 9.22. The van der Waals surface area contributed by atoms with E-state index in [4.69, 9.17) is 10.7 Å². The Bertz CT molecular complexity index is 1550. The molecule has 0 atom stereocenters. The van der Waals surface area contributed by atoms with Crippen molar-refractivity contribution in [3.05, 3.63) is 91.1 Å². The minimum absolute atomic E-state index is 0.206. The number of hydrogen-bond acceptors (Lipinski definition) is 6. The Morgan fingerprint density at radius 1 is 0.886 bits per heavy atom. The normalized spacial score (nSPS) is 15.1. The third-order valence-corrected chi connectivity index (χ3v) is 7.14.